The topological polar surface area (TPSA) is 84.2 Å². The van der Waals surface area contributed by atoms with Crippen molar-refractivity contribution in [1.82, 2.24) is 9.97 Å². The fourth-order valence-electron chi connectivity index (χ4n) is 1.70. The molecule has 7 nitrogen and oxygen atoms in total. The van der Waals surface area contributed by atoms with E-state index in [1.165, 1.54) is 0 Å². The summed E-state index contributed by atoms with van der Waals surface area (Å²) < 4.78 is 0. The number of nitrogens with zero attached hydrogens (tertiary/aromatic N) is 4. The van der Waals surface area contributed by atoms with Gasteiger partial charge in [-0.1, -0.05) is 13.8 Å². The second-order valence-electron chi connectivity index (χ2n) is 4.92. The molecule has 1 rings (SSSR count). The molecule has 0 amide bonds. The summed E-state index contributed by atoms with van der Waals surface area (Å²) in [4.78, 5) is 20.8. The summed E-state index contributed by atoms with van der Waals surface area (Å²) in [7, 11) is 3.51. The number of hydrogen-bond donors (Lipinski definition) is 1. The van der Waals surface area contributed by atoms with Gasteiger partial charge in [-0.15, -0.1) is 0 Å². The van der Waals surface area contributed by atoms with Crippen molar-refractivity contribution in [2.24, 2.45) is 5.92 Å². The van der Waals surface area contributed by atoms with Gasteiger partial charge in [0, 0.05) is 20.6 Å². The van der Waals surface area contributed by atoms with E-state index in [1.807, 2.05) is 11.9 Å². The van der Waals surface area contributed by atoms with E-state index in [-0.39, 0.29) is 5.69 Å². The molecule has 1 aromatic rings. The molecule has 1 aromatic heterocycles. The van der Waals surface area contributed by atoms with E-state index >= 15 is 0 Å². The van der Waals surface area contributed by atoms with Crippen LogP contribution in [0.25, 0.3) is 0 Å². The quantitative estimate of drug-likeness (QED) is 0.628. The Morgan fingerprint density at radius 2 is 2.05 bits per heavy atom. The third-order valence-corrected chi connectivity index (χ3v) is 2.85. The largest absolute Gasteiger partial charge is 0.357 e. The molecule has 0 bridgehead atoms. The van der Waals surface area contributed by atoms with E-state index in [1.54, 1.807) is 14.0 Å². The SMILES string of the molecule is CNc1nc(C)c([N+](=O)[O-])c(N(C)CCC(C)C)n1. The zero-order chi connectivity index (χ0) is 14.6. The first kappa shape index (κ1) is 15.1. The van der Waals surface area contributed by atoms with Crippen molar-refractivity contribution in [3.8, 4) is 0 Å². The third kappa shape index (κ3) is 3.77. The highest BCUT2D eigenvalue weighted by atomic mass is 16.6. The highest BCUT2D eigenvalue weighted by Gasteiger charge is 2.24. The molecule has 1 N–H and O–H groups in total. The monoisotopic (exact) mass is 267 g/mol. The fourth-order valence-corrected chi connectivity index (χ4v) is 1.70. The number of aryl methyl sites for hydroxylation is 1. The summed E-state index contributed by atoms with van der Waals surface area (Å²) in [6.07, 6.45) is 0.950. The second kappa shape index (κ2) is 6.31. The van der Waals surface area contributed by atoms with Crippen molar-refractivity contribution >= 4 is 17.5 Å². The molecule has 0 aliphatic carbocycles. The summed E-state index contributed by atoms with van der Waals surface area (Å²) in [5, 5.41) is 14.0. The summed E-state index contributed by atoms with van der Waals surface area (Å²) in [6.45, 7) is 6.58. The van der Waals surface area contributed by atoms with Crippen LogP contribution >= 0.6 is 0 Å². The number of hydrogen-bond acceptors (Lipinski definition) is 6. The molecule has 0 aliphatic rings. The van der Waals surface area contributed by atoms with Crippen LogP contribution in [0.2, 0.25) is 0 Å². The number of nitrogens with one attached hydrogen (secondary N) is 1. The number of aromatic nitrogens is 2. The molecule has 7 heteroatoms. The van der Waals surface area contributed by atoms with Gasteiger partial charge >= 0.3 is 5.69 Å². The number of anilines is 2. The number of rotatable bonds is 6. The van der Waals surface area contributed by atoms with Crippen LogP contribution in [0.4, 0.5) is 17.5 Å². The smallest absolute Gasteiger partial charge is 0.332 e. The van der Waals surface area contributed by atoms with Crippen LogP contribution in [0.1, 0.15) is 26.0 Å². The summed E-state index contributed by atoms with van der Waals surface area (Å²) in [5.41, 5.74) is 0.348. The molecule has 0 fully saturated rings. The van der Waals surface area contributed by atoms with E-state index < -0.39 is 4.92 Å². The van der Waals surface area contributed by atoms with Crippen molar-refractivity contribution < 1.29 is 4.92 Å². The molecule has 0 atom stereocenters. The Morgan fingerprint density at radius 3 is 2.53 bits per heavy atom. The molecule has 0 unspecified atom stereocenters. The highest BCUT2D eigenvalue weighted by molar-refractivity contribution is 5.62. The molecule has 0 aliphatic heterocycles. The van der Waals surface area contributed by atoms with E-state index in [0.29, 0.717) is 23.4 Å². The van der Waals surface area contributed by atoms with Crippen molar-refractivity contribution in [2.75, 3.05) is 30.9 Å². The lowest BCUT2D eigenvalue weighted by Gasteiger charge is -2.20. The lowest BCUT2D eigenvalue weighted by Crippen LogP contribution is -2.23. The van der Waals surface area contributed by atoms with Crippen molar-refractivity contribution in [2.45, 2.75) is 27.2 Å². The Labute approximate surface area is 113 Å². The van der Waals surface area contributed by atoms with Crippen LogP contribution in [-0.2, 0) is 0 Å². The van der Waals surface area contributed by atoms with Gasteiger partial charge in [-0.05, 0) is 19.3 Å². The standard InChI is InChI=1S/C12H21N5O2/c1-8(2)6-7-16(5)11-10(17(18)19)9(3)14-12(13-4)15-11/h8H,6-7H2,1-5H3,(H,13,14,15). The maximum atomic E-state index is 11.2. The zero-order valence-electron chi connectivity index (χ0n) is 12.1. The molecule has 0 spiro atoms. The first-order valence-electron chi connectivity index (χ1n) is 6.28. The lowest BCUT2D eigenvalue weighted by atomic mass is 10.1. The van der Waals surface area contributed by atoms with Crippen molar-refractivity contribution in [3.05, 3.63) is 15.8 Å². The maximum absolute atomic E-state index is 11.2. The van der Waals surface area contributed by atoms with Gasteiger partial charge in [0.2, 0.25) is 11.8 Å². The molecule has 0 saturated heterocycles. The minimum atomic E-state index is -0.421. The Balaban J connectivity index is 3.15. The van der Waals surface area contributed by atoms with Crippen LogP contribution < -0.4 is 10.2 Å². The molecular weight excluding hydrogens is 246 g/mol. The van der Waals surface area contributed by atoms with E-state index in [0.717, 1.165) is 13.0 Å². The third-order valence-electron chi connectivity index (χ3n) is 2.85. The molecular formula is C12H21N5O2. The predicted octanol–water partition coefficient (Wildman–Crippen LogP) is 2.22. The van der Waals surface area contributed by atoms with Crippen molar-refractivity contribution in [1.29, 1.82) is 0 Å². The summed E-state index contributed by atoms with van der Waals surface area (Å²) in [5.74, 6) is 1.30. The normalized spacial score (nSPS) is 10.6. The molecule has 106 valence electrons. The lowest BCUT2D eigenvalue weighted by molar-refractivity contribution is -0.385. The molecule has 1 heterocycles. The minimum absolute atomic E-state index is 0.0229. The summed E-state index contributed by atoms with van der Waals surface area (Å²) >= 11 is 0. The van der Waals surface area contributed by atoms with Crippen LogP contribution in [0.5, 0.6) is 0 Å². The highest BCUT2D eigenvalue weighted by Crippen LogP contribution is 2.29. The van der Waals surface area contributed by atoms with Crippen LogP contribution in [0.3, 0.4) is 0 Å². The summed E-state index contributed by atoms with van der Waals surface area (Å²) in [6, 6.07) is 0. The first-order chi connectivity index (χ1) is 8.86. The Morgan fingerprint density at radius 1 is 1.42 bits per heavy atom. The minimum Gasteiger partial charge on any atom is -0.357 e. The molecule has 0 radical (unpaired) electrons. The average molecular weight is 267 g/mol. The van der Waals surface area contributed by atoms with Crippen LogP contribution in [0, 0.1) is 23.0 Å². The van der Waals surface area contributed by atoms with Crippen LogP contribution in [-0.4, -0.2) is 35.5 Å². The molecule has 0 aromatic carbocycles. The Hall–Kier alpha value is -1.92. The van der Waals surface area contributed by atoms with Gasteiger partial charge in [0.05, 0.1) is 4.92 Å². The second-order valence-corrected chi connectivity index (χ2v) is 4.92. The van der Waals surface area contributed by atoms with E-state index in [2.05, 4.69) is 29.1 Å². The van der Waals surface area contributed by atoms with E-state index in [4.69, 9.17) is 0 Å². The maximum Gasteiger partial charge on any atom is 0.332 e. The Bertz CT molecular complexity index is 462. The van der Waals surface area contributed by atoms with Gasteiger partial charge < -0.3 is 10.2 Å². The van der Waals surface area contributed by atoms with Gasteiger partial charge in [0.1, 0.15) is 5.69 Å². The molecule has 0 saturated carbocycles. The van der Waals surface area contributed by atoms with Crippen LogP contribution in [0.15, 0.2) is 0 Å². The zero-order valence-corrected chi connectivity index (χ0v) is 12.1. The van der Waals surface area contributed by atoms with Crippen molar-refractivity contribution in [3.63, 3.8) is 0 Å². The van der Waals surface area contributed by atoms with Gasteiger partial charge in [0.25, 0.3) is 0 Å². The predicted molar refractivity (Wildman–Crippen MR) is 75.7 cm³/mol. The van der Waals surface area contributed by atoms with Gasteiger partial charge in [-0.3, -0.25) is 10.1 Å². The Kier molecular flexibility index (Phi) is 5.02. The number of nitro groups is 1. The van der Waals surface area contributed by atoms with Gasteiger partial charge in [0.15, 0.2) is 0 Å². The van der Waals surface area contributed by atoms with Gasteiger partial charge in [-0.2, -0.15) is 4.98 Å². The molecule has 19 heavy (non-hydrogen) atoms. The first-order valence-corrected chi connectivity index (χ1v) is 6.28. The van der Waals surface area contributed by atoms with Gasteiger partial charge in [-0.25, -0.2) is 4.98 Å². The fraction of sp³-hybridized carbons (Fsp3) is 0.667. The van der Waals surface area contributed by atoms with E-state index in [9.17, 15) is 10.1 Å². The average Bonchev–Trinajstić information content (AvgIpc) is 2.34.